The summed E-state index contributed by atoms with van der Waals surface area (Å²) in [6, 6.07) is 8.69. The van der Waals surface area contributed by atoms with E-state index < -0.39 is 6.04 Å². The highest BCUT2D eigenvalue weighted by Gasteiger charge is 2.33. The zero-order valence-electron chi connectivity index (χ0n) is 16.4. The molecule has 1 aliphatic heterocycles. The van der Waals surface area contributed by atoms with Crippen molar-refractivity contribution in [1.82, 2.24) is 5.32 Å². The van der Waals surface area contributed by atoms with Crippen LogP contribution in [0, 0.1) is 5.82 Å². The summed E-state index contributed by atoms with van der Waals surface area (Å²) < 4.78 is 20.0. The Kier molecular flexibility index (Phi) is 5.69. The summed E-state index contributed by atoms with van der Waals surface area (Å²) >= 11 is 0. The topological polar surface area (TPSA) is 50.4 Å². The van der Waals surface area contributed by atoms with E-state index in [4.69, 9.17) is 4.74 Å². The summed E-state index contributed by atoms with van der Waals surface area (Å²) in [4.78, 5) is 12.9. The monoisotopic (exact) mass is 404 g/mol. The number of benzene rings is 2. The van der Waals surface area contributed by atoms with Crippen LogP contribution in [0.5, 0.6) is 5.75 Å². The van der Waals surface area contributed by atoms with E-state index in [0.717, 1.165) is 47.3 Å². The van der Waals surface area contributed by atoms with Crippen molar-refractivity contribution >= 4 is 24.0 Å². The van der Waals surface area contributed by atoms with E-state index in [1.165, 1.54) is 6.07 Å². The Morgan fingerprint density at radius 2 is 2.00 bits per heavy atom. The van der Waals surface area contributed by atoms with Crippen molar-refractivity contribution < 1.29 is 13.9 Å². The van der Waals surface area contributed by atoms with E-state index in [2.05, 4.69) is 24.5 Å². The van der Waals surface area contributed by atoms with Crippen LogP contribution in [-0.4, -0.2) is 19.6 Å². The van der Waals surface area contributed by atoms with Crippen LogP contribution < -0.4 is 15.4 Å². The number of hydrogen-bond donors (Lipinski definition) is 2. The summed E-state index contributed by atoms with van der Waals surface area (Å²) in [5, 5.41) is 6.17. The summed E-state index contributed by atoms with van der Waals surface area (Å²) in [6.07, 6.45) is 2.61. The molecule has 0 bridgehead atoms. The first kappa shape index (κ1) is 20.6. The normalized spacial score (nSPS) is 19.2. The highest BCUT2D eigenvalue weighted by atomic mass is 35.5. The molecule has 1 aliphatic carbocycles. The second-order valence-electron chi connectivity index (χ2n) is 8.07. The molecule has 2 aromatic rings. The number of anilines is 1. The fourth-order valence-corrected chi connectivity index (χ4v) is 4.38. The molecule has 4 rings (SSSR count). The van der Waals surface area contributed by atoms with E-state index in [9.17, 15) is 9.18 Å². The average molecular weight is 405 g/mol. The molecule has 150 valence electrons. The Hall–Kier alpha value is -2.11. The average Bonchev–Trinajstić information content (AvgIpc) is 2.95. The summed E-state index contributed by atoms with van der Waals surface area (Å²) in [7, 11) is 1.64. The van der Waals surface area contributed by atoms with Crippen molar-refractivity contribution in [2.24, 2.45) is 0 Å². The maximum atomic E-state index is 14.7. The summed E-state index contributed by atoms with van der Waals surface area (Å²) in [6.45, 7) is 4.85. The fraction of sp³-hybridized carbons (Fsp3) is 0.409. The van der Waals surface area contributed by atoms with Gasteiger partial charge in [-0.05, 0) is 71.2 Å². The van der Waals surface area contributed by atoms with Crippen LogP contribution in [0.3, 0.4) is 0 Å². The maximum Gasteiger partial charge on any atom is 0.246 e. The number of carbonyl (C=O) groups excluding carboxylic acids is 1. The number of carbonyl (C=O) groups is 1. The summed E-state index contributed by atoms with van der Waals surface area (Å²) in [5.74, 6) is 0.392. The highest BCUT2D eigenvalue weighted by Crippen LogP contribution is 2.41. The molecule has 0 spiro atoms. The van der Waals surface area contributed by atoms with Gasteiger partial charge in [0, 0.05) is 12.2 Å². The molecule has 1 amide bonds. The Bertz CT molecular complexity index is 914. The van der Waals surface area contributed by atoms with Crippen LogP contribution in [0.15, 0.2) is 30.3 Å². The van der Waals surface area contributed by atoms with Crippen molar-refractivity contribution in [3.63, 3.8) is 0 Å². The number of aryl methyl sites for hydroxylation is 1. The van der Waals surface area contributed by atoms with Gasteiger partial charge in [0.1, 0.15) is 17.6 Å². The number of hydrogen-bond acceptors (Lipinski definition) is 3. The van der Waals surface area contributed by atoms with Gasteiger partial charge in [0.25, 0.3) is 0 Å². The zero-order chi connectivity index (χ0) is 19.2. The number of ether oxygens (including phenoxy) is 1. The van der Waals surface area contributed by atoms with Crippen LogP contribution in [0.2, 0.25) is 0 Å². The van der Waals surface area contributed by atoms with Crippen LogP contribution in [-0.2, 0) is 23.1 Å². The second kappa shape index (κ2) is 7.72. The molecular weight excluding hydrogens is 379 g/mol. The number of methoxy groups -OCH3 is 1. The van der Waals surface area contributed by atoms with Crippen molar-refractivity contribution in [2.45, 2.75) is 44.6 Å². The molecule has 2 N–H and O–H groups in total. The lowest BCUT2D eigenvalue weighted by molar-refractivity contribution is -0.118. The van der Waals surface area contributed by atoms with E-state index in [-0.39, 0.29) is 29.5 Å². The van der Waals surface area contributed by atoms with Gasteiger partial charge in [-0.1, -0.05) is 19.9 Å². The highest BCUT2D eigenvalue weighted by molar-refractivity contribution is 5.96. The van der Waals surface area contributed by atoms with Gasteiger partial charge in [-0.25, -0.2) is 4.39 Å². The Balaban J connectivity index is 0.00000225. The zero-order valence-corrected chi connectivity index (χ0v) is 17.2. The van der Waals surface area contributed by atoms with Crippen LogP contribution >= 0.6 is 12.4 Å². The van der Waals surface area contributed by atoms with Crippen molar-refractivity contribution in [2.75, 3.05) is 19.0 Å². The molecule has 0 aromatic heterocycles. The molecule has 1 atom stereocenters. The minimum atomic E-state index is -0.451. The number of amides is 1. The first-order valence-corrected chi connectivity index (χ1v) is 9.43. The molecule has 1 heterocycles. The predicted molar refractivity (Wildman–Crippen MR) is 111 cm³/mol. The smallest absolute Gasteiger partial charge is 0.246 e. The minimum absolute atomic E-state index is 0. The lowest BCUT2D eigenvalue weighted by Gasteiger charge is -2.26. The standard InChI is InChI=1S/C22H25FN2O2.ClH/c1-22(2)8-6-14-10-15(12-18(23)19(14)22)25-21(26)20-17-5-4-16(27-3)11-13(17)7-9-24-20;/h4-5,10-12,20,24H,6-9H2,1-3H3,(H,25,26);1H/t20-;/m1./s1. The predicted octanol–water partition coefficient (Wildman–Crippen LogP) is 4.31. The van der Waals surface area contributed by atoms with Crippen LogP contribution in [0.1, 0.15) is 48.6 Å². The Labute approximate surface area is 171 Å². The third-order valence-electron chi connectivity index (χ3n) is 5.80. The fourth-order valence-electron chi connectivity index (χ4n) is 4.38. The van der Waals surface area contributed by atoms with Crippen molar-refractivity contribution in [3.05, 3.63) is 58.4 Å². The van der Waals surface area contributed by atoms with Gasteiger partial charge in [0.05, 0.1) is 7.11 Å². The van der Waals surface area contributed by atoms with E-state index in [1.807, 2.05) is 24.3 Å². The molecule has 0 saturated heterocycles. The first-order chi connectivity index (χ1) is 12.9. The first-order valence-electron chi connectivity index (χ1n) is 9.43. The number of halogens is 2. The van der Waals surface area contributed by atoms with Crippen LogP contribution in [0.4, 0.5) is 10.1 Å². The largest absolute Gasteiger partial charge is 0.497 e. The quantitative estimate of drug-likeness (QED) is 0.801. The SMILES string of the molecule is COc1ccc2c(c1)CCN[C@H]2C(=O)Nc1cc(F)c2c(c1)CCC2(C)C.Cl. The Morgan fingerprint density at radius 3 is 2.75 bits per heavy atom. The van der Waals surface area contributed by atoms with E-state index in [0.29, 0.717) is 12.2 Å². The molecule has 28 heavy (non-hydrogen) atoms. The van der Waals surface area contributed by atoms with E-state index in [1.54, 1.807) is 7.11 Å². The van der Waals surface area contributed by atoms with Crippen LogP contribution in [0.25, 0.3) is 0 Å². The third kappa shape index (κ3) is 3.61. The molecule has 2 aromatic carbocycles. The molecule has 0 fully saturated rings. The minimum Gasteiger partial charge on any atom is -0.497 e. The van der Waals surface area contributed by atoms with Crippen molar-refractivity contribution in [3.8, 4) is 5.75 Å². The van der Waals surface area contributed by atoms with Gasteiger partial charge < -0.3 is 15.4 Å². The number of nitrogens with one attached hydrogen (secondary N) is 2. The van der Waals surface area contributed by atoms with Gasteiger partial charge in [0.2, 0.25) is 5.91 Å². The molecular formula is C22H26ClFN2O2. The molecule has 0 unspecified atom stereocenters. The van der Waals surface area contributed by atoms with Gasteiger partial charge in [-0.2, -0.15) is 0 Å². The summed E-state index contributed by atoms with van der Waals surface area (Å²) in [5.41, 5.74) is 4.21. The molecule has 6 heteroatoms. The molecule has 0 saturated carbocycles. The van der Waals surface area contributed by atoms with Gasteiger partial charge >= 0.3 is 0 Å². The lowest BCUT2D eigenvalue weighted by Crippen LogP contribution is -2.38. The van der Waals surface area contributed by atoms with Gasteiger partial charge in [-0.3, -0.25) is 4.79 Å². The van der Waals surface area contributed by atoms with Gasteiger partial charge in [0.15, 0.2) is 0 Å². The van der Waals surface area contributed by atoms with E-state index >= 15 is 0 Å². The van der Waals surface area contributed by atoms with Crippen molar-refractivity contribution in [1.29, 1.82) is 0 Å². The molecule has 4 nitrogen and oxygen atoms in total. The third-order valence-corrected chi connectivity index (χ3v) is 5.80. The second-order valence-corrected chi connectivity index (χ2v) is 8.07. The number of rotatable bonds is 3. The number of fused-ring (bicyclic) bond motifs is 2. The van der Waals surface area contributed by atoms with Gasteiger partial charge in [-0.15, -0.1) is 12.4 Å². The molecule has 0 radical (unpaired) electrons. The molecule has 2 aliphatic rings. The lowest BCUT2D eigenvalue weighted by atomic mass is 9.86. The Morgan fingerprint density at radius 1 is 1.21 bits per heavy atom. The maximum absolute atomic E-state index is 14.7.